The van der Waals surface area contributed by atoms with Gasteiger partial charge >= 0.3 is 5.97 Å². The van der Waals surface area contributed by atoms with Gasteiger partial charge in [0, 0.05) is 17.4 Å². The van der Waals surface area contributed by atoms with E-state index >= 15 is 0 Å². The molecule has 29 heavy (non-hydrogen) atoms. The van der Waals surface area contributed by atoms with Crippen LogP contribution in [0.2, 0.25) is 18.1 Å². The Morgan fingerprint density at radius 3 is 2.62 bits per heavy atom. The van der Waals surface area contributed by atoms with Gasteiger partial charge in [0.05, 0.1) is 19.5 Å². The summed E-state index contributed by atoms with van der Waals surface area (Å²) in [6, 6.07) is 3.90. The van der Waals surface area contributed by atoms with Crippen LogP contribution in [-0.2, 0) is 20.4 Å². The van der Waals surface area contributed by atoms with E-state index in [9.17, 15) is 4.79 Å². The summed E-state index contributed by atoms with van der Waals surface area (Å²) in [4.78, 5) is 12.5. The molecular formula is C24H36O4Si. The van der Waals surface area contributed by atoms with Crippen LogP contribution in [0, 0.1) is 5.41 Å². The van der Waals surface area contributed by atoms with Crippen LogP contribution in [-0.4, -0.2) is 27.5 Å². The Kier molecular flexibility index (Phi) is 6.03. The Bertz CT molecular complexity index is 810. The number of aryl methyl sites for hydroxylation is 1. The lowest BCUT2D eigenvalue weighted by molar-refractivity contribution is -0.136. The molecule has 1 aromatic heterocycles. The number of carbonyl (C=O) groups is 1. The largest absolute Gasteiger partial charge is 0.469 e. The minimum Gasteiger partial charge on any atom is -0.469 e. The van der Waals surface area contributed by atoms with Crippen molar-refractivity contribution in [2.24, 2.45) is 5.41 Å². The van der Waals surface area contributed by atoms with Gasteiger partial charge in [0.1, 0.15) is 5.76 Å². The first-order valence-corrected chi connectivity index (χ1v) is 13.6. The van der Waals surface area contributed by atoms with E-state index < -0.39 is 8.32 Å². The highest BCUT2D eigenvalue weighted by molar-refractivity contribution is 6.74. The number of methoxy groups -OCH3 is 1. The first-order chi connectivity index (χ1) is 13.5. The molecule has 0 amide bonds. The molecular weight excluding hydrogens is 380 g/mol. The molecule has 3 rings (SSSR count). The van der Waals surface area contributed by atoms with Crippen LogP contribution in [0.15, 0.2) is 45.6 Å². The second-order valence-corrected chi connectivity index (χ2v) is 14.9. The van der Waals surface area contributed by atoms with E-state index in [4.69, 9.17) is 13.6 Å². The van der Waals surface area contributed by atoms with Crippen molar-refractivity contribution in [3.05, 3.63) is 47.0 Å². The van der Waals surface area contributed by atoms with E-state index in [-0.39, 0.29) is 22.5 Å². The summed E-state index contributed by atoms with van der Waals surface area (Å²) in [5, 5.41) is 0.177. The first kappa shape index (κ1) is 22.1. The summed E-state index contributed by atoms with van der Waals surface area (Å²) in [5.74, 6) is 0.748. The highest BCUT2D eigenvalue weighted by Crippen LogP contribution is 2.54. The predicted octanol–water partition coefficient (Wildman–Crippen LogP) is 6.20. The maximum Gasteiger partial charge on any atom is 0.334 e. The highest BCUT2D eigenvalue weighted by atomic mass is 28.4. The van der Waals surface area contributed by atoms with Crippen LogP contribution < -0.4 is 0 Å². The maximum absolute atomic E-state index is 12.5. The van der Waals surface area contributed by atoms with Crippen molar-refractivity contribution in [2.45, 2.75) is 84.0 Å². The standard InChI is InChI=1S/C24H36O4Si/c1-23(2,3)29(6,7)28-21-13-12-20-18(11-10-17-9-8-16-27-17)19(22(25)26-5)14-15-24(20,21)4/h8-9,12,16,21H,10-11,13-15H2,1-7H3/t21-,24-/m0/s1. The molecule has 0 unspecified atom stereocenters. The molecule has 5 heteroatoms. The third-order valence-electron chi connectivity index (χ3n) is 7.32. The summed E-state index contributed by atoms with van der Waals surface area (Å²) in [6.07, 6.45) is 8.34. The molecule has 0 N–H and O–H groups in total. The van der Waals surface area contributed by atoms with E-state index in [1.54, 1.807) is 6.26 Å². The summed E-state index contributed by atoms with van der Waals surface area (Å²) in [5.41, 5.74) is 3.21. The van der Waals surface area contributed by atoms with Gasteiger partial charge in [-0.25, -0.2) is 4.79 Å². The van der Waals surface area contributed by atoms with Crippen LogP contribution in [0.3, 0.4) is 0 Å². The van der Waals surface area contributed by atoms with Gasteiger partial charge in [-0.2, -0.15) is 0 Å². The molecule has 0 spiro atoms. The SMILES string of the molecule is COC(=O)C1=C(CCc2ccco2)C2=CC[C@H](O[Si](C)(C)C(C)(C)C)[C@@]2(C)CC1. The van der Waals surface area contributed by atoms with E-state index in [1.807, 2.05) is 12.1 Å². The Hall–Kier alpha value is -1.59. The molecule has 1 aromatic rings. The van der Waals surface area contributed by atoms with E-state index in [0.29, 0.717) is 0 Å². The number of hydrogen-bond donors (Lipinski definition) is 0. The van der Waals surface area contributed by atoms with Crippen molar-refractivity contribution in [1.29, 1.82) is 0 Å². The third-order valence-corrected chi connectivity index (χ3v) is 11.8. The summed E-state index contributed by atoms with van der Waals surface area (Å²) in [7, 11) is -0.407. The van der Waals surface area contributed by atoms with Gasteiger partial charge in [-0.3, -0.25) is 0 Å². The van der Waals surface area contributed by atoms with Crippen LogP contribution in [0.25, 0.3) is 0 Å². The monoisotopic (exact) mass is 416 g/mol. The zero-order valence-electron chi connectivity index (χ0n) is 19.1. The van der Waals surface area contributed by atoms with Gasteiger partial charge in [-0.15, -0.1) is 0 Å². The number of carbonyl (C=O) groups excluding carboxylic acids is 1. The van der Waals surface area contributed by atoms with Gasteiger partial charge in [-0.05, 0) is 67.1 Å². The Balaban J connectivity index is 1.89. The van der Waals surface area contributed by atoms with Crippen molar-refractivity contribution >= 4 is 14.3 Å². The van der Waals surface area contributed by atoms with E-state index in [2.05, 4.69) is 46.9 Å². The second-order valence-electron chi connectivity index (χ2n) is 10.2. The molecule has 1 heterocycles. The van der Waals surface area contributed by atoms with E-state index in [1.165, 1.54) is 12.7 Å². The lowest BCUT2D eigenvalue weighted by atomic mass is 9.68. The molecule has 0 aliphatic heterocycles. The summed E-state index contributed by atoms with van der Waals surface area (Å²) in [6.45, 7) is 13.8. The summed E-state index contributed by atoms with van der Waals surface area (Å²) >= 11 is 0. The minimum atomic E-state index is -1.88. The number of rotatable bonds is 6. The number of esters is 1. The van der Waals surface area contributed by atoms with Crippen LogP contribution in [0.4, 0.5) is 0 Å². The van der Waals surface area contributed by atoms with E-state index in [0.717, 1.165) is 49.0 Å². The zero-order chi connectivity index (χ0) is 21.4. The molecule has 0 aromatic carbocycles. The molecule has 160 valence electrons. The molecule has 4 nitrogen and oxygen atoms in total. The average Bonchev–Trinajstić information content (AvgIpc) is 3.26. The van der Waals surface area contributed by atoms with Crippen LogP contribution >= 0.6 is 0 Å². The number of hydrogen-bond acceptors (Lipinski definition) is 4. The fraction of sp³-hybridized carbons (Fsp3) is 0.625. The predicted molar refractivity (Wildman–Crippen MR) is 118 cm³/mol. The van der Waals surface area contributed by atoms with Gasteiger partial charge in [0.25, 0.3) is 0 Å². The second kappa shape index (κ2) is 7.92. The molecule has 0 radical (unpaired) electrons. The fourth-order valence-corrected chi connectivity index (χ4v) is 5.82. The molecule has 0 fully saturated rings. The van der Waals surface area contributed by atoms with Gasteiger partial charge in [0.15, 0.2) is 8.32 Å². The smallest absolute Gasteiger partial charge is 0.334 e. The fourth-order valence-electron chi connectivity index (χ4n) is 4.40. The van der Waals surface area contributed by atoms with Crippen LogP contribution in [0.5, 0.6) is 0 Å². The number of ether oxygens (including phenoxy) is 1. The molecule has 0 saturated heterocycles. The quantitative estimate of drug-likeness (QED) is 0.409. The Morgan fingerprint density at radius 1 is 1.31 bits per heavy atom. The van der Waals surface area contributed by atoms with Crippen molar-refractivity contribution < 1.29 is 18.4 Å². The maximum atomic E-state index is 12.5. The number of fused-ring (bicyclic) bond motifs is 1. The van der Waals surface area contributed by atoms with Crippen LogP contribution in [0.1, 0.15) is 59.1 Å². The lowest BCUT2D eigenvalue weighted by Crippen LogP contribution is -2.48. The topological polar surface area (TPSA) is 48.7 Å². The Morgan fingerprint density at radius 2 is 2.03 bits per heavy atom. The lowest BCUT2D eigenvalue weighted by Gasteiger charge is -2.45. The summed E-state index contributed by atoms with van der Waals surface area (Å²) < 4.78 is 17.5. The normalized spacial score (nSPS) is 25.1. The first-order valence-electron chi connectivity index (χ1n) is 10.7. The molecule has 0 saturated carbocycles. The van der Waals surface area contributed by atoms with Gasteiger partial charge in [-0.1, -0.05) is 33.8 Å². The Labute approximate surface area is 176 Å². The minimum absolute atomic E-state index is 0.0501. The van der Waals surface area contributed by atoms with Gasteiger partial charge in [0.2, 0.25) is 0 Å². The van der Waals surface area contributed by atoms with Crippen molar-refractivity contribution in [3.63, 3.8) is 0 Å². The van der Waals surface area contributed by atoms with Crippen molar-refractivity contribution in [2.75, 3.05) is 7.11 Å². The number of allylic oxidation sites excluding steroid dienone is 1. The molecule has 2 atom stereocenters. The van der Waals surface area contributed by atoms with Crippen molar-refractivity contribution in [1.82, 2.24) is 0 Å². The number of furan rings is 1. The third kappa shape index (κ3) is 4.17. The zero-order valence-corrected chi connectivity index (χ0v) is 20.1. The highest BCUT2D eigenvalue weighted by Gasteiger charge is 2.50. The van der Waals surface area contributed by atoms with Crippen molar-refractivity contribution in [3.8, 4) is 0 Å². The molecule has 2 aliphatic carbocycles. The molecule has 2 aliphatic rings. The average molecular weight is 417 g/mol. The molecule has 0 bridgehead atoms. The van der Waals surface area contributed by atoms with Gasteiger partial charge < -0.3 is 13.6 Å².